The summed E-state index contributed by atoms with van der Waals surface area (Å²) in [5.41, 5.74) is 4.45. The third-order valence-corrected chi connectivity index (χ3v) is 3.20. The normalized spacial score (nSPS) is 20.1. The average molecular weight is 258 g/mol. The quantitative estimate of drug-likeness (QED) is 0.634. The van der Waals surface area contributed by atoms with E-state index in [-0.39, 0.29) is 11.9 Å². The van der Waals surface area contributed by atoms with Crippen LogP contribution in [0.4, 0.5) is 0 Å². The summed E-state index contributed by atoms with van der Waals surface area (Å²) in [5.74, 6) is -1.20. The summed E-state index contributed by atoms with van der Waals surface area (Å²) in [6.07, 6.45) is 2.40. The topological polar surface area (TPSA) is 102 Å². The second-order valence-corrected chi connectivity index (χ2v) is 4.92. The molecule has 1 atom stereocenters. The van der Waals surface area contributed by atoms with Gasteiger partial charge >= 0.3 is 5.97 Å². The minimum Gasteiger partial charge on any atom is -0.480 e. The highest BCUT2D eigenvalue weighted by atomic mass is 16.5. The van der Waals surface area contributed by atoms with E-state index in [2.05, 4.69) is 5.32 Å². The fraction of sp³-hybridized carbons (Fsp3) is 0.833. The second kappa shape index (κ2) is 6.70. The molecule has 4 N–H and O–H groups in total. The van der Waals surface area contributed by atoms with Gasteiger partial charge in [-0.1, -0.05) is 0 Å². The first-order chi connectivity index (χ1) is 8.46. The molecule has 1 aliphatic heterocycles. The van der Waals surface area contributed by atoms with Gasteiger partial charge in [0.2, 0.25) is 5.91 Å². The average Bonchev–Trinajstić information content (AvgIpc) is 2.29. The number of hydrogen-bond donors (Lipinski definition) is 3. The van der Waals surface area contributed by atoms with E-state index in [9.17, 15) is 14.7 Å². The van der Waals surface area contributed by atoms with Gasteiger partial charge in [0.05, 0.1) is 0 Å². The minimum absolute atomic E-state index is 0.0642. The maximum Gasteiger partial charge on any atom is 0.329 e. The second-order valence-electron chi connectivity index (χ2n) is 4.92. The Morgan fingerprint density at radius 2 is 2.06 bits per heavy atom. The van der Waals surface area contributed by atoms with Crippen molar-refractivity contribution in [3.05, 3.63) is 0 Å². The number of nitrogens with one attached hydrogen (secondary N) is 1. The first-order valence-corrected chi connectivity index (χ1v) is 6.34. The molecule has 1 unspecified atom stereocenters. The van der Waals surface area contributed by atoms with Crippen LogP contribution >= 0.6 is 0 Å². The molecule has 0 bridgehead atoms. The summed E-state index contributed by atoms with van der Waals surface area (Å²) in [7, 11) is 0. The molecule has 1 heterocycles. The van der Waals surface area contributed by atoms with E-state index >= 15 is 0 Å². The zero-order valence-corrected chi connectivity index (χ0v) is 10.8. The van der Waals surface area contributed by atoms with Crippen molar-refractivity contribution < 1.29 is 19.4 Å². The lowest BCUT2D eigenvalue weighted by atomic mass is 9.90. The third-order valence-electron chi connectivity index (χ3n) is 3.20. The lowest BCUT2D eigenvalue weighted by molar-refractivity contribution is -0.152. The summed E-state index contributed by atoms with van der Waals surface area (Å²) in [6.45, 7) is 2.62. The number of amides is 1. The Kier molecular flexibility index (Phi) is 5.55. The molecule has 104 valence electrons. The summed E-state index contributed by atoms with van der Waals surface area (Å²) < 4.78 is 5.14. The Morgan fingerprint density at radius 3 is 2.56 bits per heavy atom. The van der Waals surface area contributed by atoms with Crippen molar-refractivity contribution in [2.75, 3.05) is 13.2 Å². The van der Waals surface area contributed by atoms with Crippen LogP contribution in [0.1, 0.15) is 39.0 Å². The first-order valence-electron chi connectivity index (χ1n) is 6.34. The van der Waals surface area contributed by atoms with Gasteiger partial charge in [0.25, 0.3) is 0 Å². The number of carboxylic acid groups (broad SMARTS) is 1. The van der Waals surface area contributed by atoms with E-state index < -0.39 is 11.5 Å². The molecular formula is C12H22N2O4. The number of ether oxygens (including phenoxy) is 1. The molecule has 0 aromatic rings. The van der Waals surface area contributed by atoms with Gasteiger partial charge in [-0.2, -0.15) is 0 Å². The van der Waals surface area contributed by atoms with E-state index in [1.54, 1.807) is 0 Å². The third kappa shape index (κ3) is 4.27. The smallest absolute Gasteiger partial charge is 0.329 e. The summed E-state index contributed by atoms with van der Waals surface area (Å²) in [5, 5.41) is 11.9. The van der Waals surface area contributed by atoms with Crippen molar-refractivity contribution in [3.8, 4) is 0 Å². The van der Waals surface area contributed by atoms with Crippen LogP contribution in [-0.4, -0.2) is 41.8 Å². The summed E-state index contributed by atoms with van der Waals surface area (Å²) >= 11 is 0. The molecule has 18 heavy (non-hydrogen) atoms. The highest BCUT2D eigenvalue weighted by Gasteiger charge is 2.41. The van der Waals surface area contributed by atoms with Crippen molar-refractivity contribution >= 4 is 11.9 Å². The molecule has 0 aliphatic carbocycles. The SMILES string of the molecule is CC(N)CCCC(=O)NC1(C(=O)O)CCOCC1. The van der Waals surface area contributed by atoms with Crippen molar-refractivity contribution in [2.24, 2.45) is 5.73 Å². The predicted molar refractivity (Wildman–Crippen MR) is 66.1 cm³/mol. The van der Waals surface area contributed by atoms with Crippen molar-refractivity contribution in [3.63, 3.8) is 0 Å². The summed E-state index contributed by atoms with van der Waals surface area (Å²) in [4.78, 5) is 23.0. The van der Waals surface area contributed by atoms with Crippen molar-refractivity contribution in [1.29, 1.82) is 0 Å². The van der Waals surface area contributed by atoms with Crippen molar-refractivity contribution in [2.45, 2.75) is 50.6 Å². The van der Waals surface area contributed by atoms with E-state index in [4.69, 9.17) is 10.5 Å². The van der Waals surface area contributed by atoms with Gasteiger partial charge in [-0.15, -0.1) is 0 Å². The number of nitrogens with two attached hydrogens (primary N) is 1. The molecule has 1 amide bonds. The molecule has 1 saturated heterocycles. The molecule has 6 heteroatoms. The largest absolute Gasteiger partial charge is 0.480 e. The van der Waals surface area contributed by atoms with E-state index in [1.165, 1.54) is 0 Å². The Hall–Kier alpha value is -1.14. The highest BCUT2D eigenvalue weighted by molar-refractivity contribution is 5.87. The Bertz CT molecular complexity index is 298. The van der Waals surface area contributed by atoms with E-state index in [0.29, 0.717) is 38.9 Å². The lowest BCUT2D eigenvalue weighted by Crippen LogP contribution is -2.57. The molecule has 0 saturated carbocycles. The number of hydrogen-bond acceptors (Lipinski definition) is 4. The molecule has 0 aromatic heterocycles. The van der Waals surface area contributed by atoms with Crippen LogP contribution in [0.15, 0.2) is 0 Å². The predicted octanol–water partition coefficient (Wildman–Crippen LogP) is 0.254. The fourth-order valence-electron chi connectivity index (χ4n) is 2.03. The number of carbonyl (C=O) groups is 2. The molecule has 1 rings (SSSR count). The molecular weight excluding hydrogens is 236 g/mol. The van der Waals surface area contributed by atoms with Gasteiger partial charge in [-0.3, -0.25) is 4.79 Å². The van der Waals surface area contributed by atoms with E-state index in [0.717, 1.165) is 6.42 Å². The van der Waals surface area contributed by atoms with E-state index in [1.807, 2.05) is 6.92 Å². The van der Waals surface area contributed by atoms with Gasteiger partial charge in [-0.25, -0.2) is 4.79 Å². The van der Waals surface area contributed by atoms with Gasteiger partial charge in [0, 0.05) is 38.5 Å². The van der Waals surface area contributed by atoms with Gasteiger partial charge in [-0.05, 0) is 19.8 Å². The van der Waals surface area contributed by atoms with Crippen LogP contribution in [-0.2, 0) is 14.3 Å². The van der Waals surface area contributed by atoms with Crippen LogP contribution in [0.2, 0.25) is 0 Å². The maximum atomic E-state index is 11.7. The molecule has 0 aromatic carbocycles. The Morgan fingerprint density at radius 1 is 1.44 bits per heavy atom. The number of aliphatic carboxylic acids is 1. The number of carbonyl (C=O) groups excluding carboxylic acids is 1. The minimum atomic E-state index is -1.15. The monoisotopic (exact) mass is 258 g/mol. The highest BCUT2D eigenvalue weighted by Crippen LogP contribution is 2.21. The molecule has 1 fully saturated rings. The Labute approximate surface area is 107 Å². The zero-order chi connectivity index (χ0) is 13.6. The van der Waals surface area contributed by atoms with Crippen molar-refractivity contribution in [1.82, 2.24) is 5.32 Å². The molecule has 6 nitrogen and oxygen atoms in total. The van der Waals surface area contributed by atoms with Crippen LogP contribution in [0, 0.1) is 0 Å². The summed E-state index contributed by atoms with van der Waals surface area (Å²) in [6, 6.07) is 0.0642. The number of carboxylic acids is 1. The molecule has 1 aliphatic rings. The zero-order valence-electron chi connectivity index (χ0n) is 10.8. The number of rotatable bonds is 6. The van der Waals surface area contributed by atoms with Crippen LogP contribution in [0.25, 0.3) is 0 Å². The standard InChI is InChI=1S/C12H22N2O4/c1-9(13)3-2-4-10(15)14-12(11(16)17)5-7-18-8-6-12/h9H,2-8,13H2,1H3,(H,14,15)(H,16,17). The molecule has 0 spiro atoms. The fourth-order valence-corrected chi connectivity index (χ4v) is 2.03. The van der Waals surface area contributed by atoms with Crippen LogP contribution < -0.4 is 11.1 Å². The van der Waals surface area contributed by atoms with Crippen LogP contribution in [0.3, 0.4) is 0 Å². The lowest BCUT2D eigenvalue weighted by Gasteiger charge is -2.33. The first kappa shape index (κ1) is 14.9. The van der Waals surface area contributed by atoms with Gasteiger partial charge in [0.15, 0.2) is 0 Å². The van der Waals surface area contributed by atoms with Gasteiger partial charge < -0.3 is 20.9 Å². The van der Waals surface area contributed by atoms with Gasteiger partial charge in [0.1, 0.15) is 5.54 Å². The van der Waals surface area contributed by atoms with Crippen LogP contribution in [0.5, 0.6) is 0 Å². The molecule has 0 radical (unpaired) electrons. The Balaban J connectivity index is 2.46. The maximum absolute atomic E-state index is 11.7.